The highest BCUT2D eigenvalue weighted by Crippen LogP contribution is 2.19. The van der Waals surface area contributed by atoms with Gasteiger partial charge in [0, 0.05) is 43.7 Å². The number of nitrogens with zero attached hydrogens (tertiary/aromatic N) is 3. The molecule has 4 rings (SSSR count). The average Bonchev–Trinajstić information content (AvgIpc) is 3.12. The molecule has 1 fully saturated rings. The summed E-state index contributed by atoms with van der Waals surface area (Å²) in [6.45, 7) is 3.32. The molecule has 0 bridgehead atoms. The zero-order valence-corrected chi connectivity index (χ0v) is 13.8. The maximum absolute atomic E-state index is 13.8. The highest BCUT2D eigenvalue weighted by Gasteiger charge is 2.24. The van der Waals surface area contributed by atoms with Gasteiger partial charge in [-0.2, -0.15) is 5.10 Å². The fraction of sp³-hybridized carbons (Fsp3) is 0.263. The summed E-state index contributed by atoms with van der Waals surface area (Å²) >= 11 is 0. The van der Waals surface area contributed by atoms with E-state index in [1.54, 1.807) is 12.3 Å². The number of aromatic nitrogens is 2. The lowest BCUT2D eigenvalue weighted by atomic mass is 10.1. The Morgan fingerprint density at radius 2 is 1.88 bits per heavy atom. The van der Waals surface area contributed by atoms with Crippen molar-refractivity contribution < 1.29 is 9.18 Å². The molecule has 1 amide bonds. The predicted octanol–water partition coefficient (Wildman–Crippen LogP) is 2.66. The number of amides is 1. The van der Waals surface area contributed by atoms with E-state index >= 15 is 0 Å². The molecule has 25 heavy (non-hydrogen) atoms. The molecule has 3 aromatic rings. The largest absolute Gasteiger partial charge is 0.336 e. The van der Waals surface area contributed by atoms with Crippen LogP contribution in [0.1, 0.15) is 15.9 Å². The quantitative estimate of drug-likeness (QED) is 0.799. The summed E-state index contributed by atoms with van der Waals surface area (Å²) in [7, 11) is 0. The maximum Gasteiger partial charge on any atom is 0.256 e. The minimum absolute atomic E-state index is 0.0143. The Kier molecular flexibility index (Phi) is 4.19. The Morgan fingerprint density at radius 3 is 2.68 bits per heavy atom. The molecule has 1 aromatic heterocycles. The number of carbonyl (C=O) groups excluding carboxylic acids is 1. The number of H-pyrrole nitrogens is 1. The Hall–Kier alpha value is -2.73. The van der Waals surface area contributed by atoms with Crippen molar-refractivity contribution in [2.24, 2.45) is 0 Å². The smallest absolute Gasteiger partial charge is 0.256 e. The summed E-state index contributed by atoms with van der Waals surface area (Å²) in [5.41, 5.74) is 2.13. The lowest BCUT2D eigenvalue weighted by Crippen LogP contribution is -2.48. The second-order valence-corrected chi connectivity index (χ2v) is 6.30. The number of aromatic amines is 1. The summed E-state index contributed by atoms with van der Waals surface area (Å²) in [6.07, 6.45) is 1.72. The van der Waals surface area contributed by atoms with Gasteiger partial charge in [0.1, 0.15) is 5.82 Å². The molecule has 0 radical (unpaired) electrons. The molecule has 0 saturated carbocycles. The Labute approximate surface area is 145 Å². The second-order valence-electron chi connectivity index (χ2n) is 6.30. The summed E-state index contributed by atoms with van der Waals surface area (Å²) in [6, 6.07) is 12.5. The lowest BCUT2D eigenvalue weighted by molar-refractivity contribution is 0.0628. The monoisotopic (exact) mass is 338 g/mol. The Morgan fingerprint density at radius 1 is 1.08 bits per heavy atom. The average molecular weight is 338 g/mol. The third-order valence-corrected chi connectivity index (χ3v) is 4.72. The van der Waals surface area contributed by atoms with Crippen molar-refractivity contribution in [1.29, 1.82) is 0 Å². The second kappa shape index (κ2) is 6.64. The molecule has 1 aliphatic rings. The molecule has 2 aromatic carbocycles. The van der Waals surface area contributed by atoms with Crippen LogP contribution in [0.4, 0.5) is 4.39 Å². The maximum atomic E-state index is 13.8. The molecular formula is C19H19FN4O. The molecule has 0 spiro atoms. The summed E-state index contributed by atoms with van der Waals surface area (Å²) in [5, 5.41) is 7.86. The van der Waals surface area contributed by atoms with Gasteiger partial charge < -0.3 is 4.90 Å². The van der Waals surface area contributed by atoms with Crippen LogP contribution in [-0.4, -0.2) is 52.1 Å². The molecule has 0 aliphatic carbocycles. The van der Waals surface area contributed by atoms with E-state index in [0.29, 0.717) is 30.8 Å². The summed E-state index contributed by atoms with van der Waals surface area (Å²) in [4.78, 5) is 16.9. The molecule has 1 aliphatic heterocycles. The molecule has 128 valence electrons. The first-order valence-electron chi connectivity index (χ1n) is 8.39. The Balaban J connectivity index is 1.42. The van der Waals surface area contributed by atoms with E-state index < -0.39 is 0 Å². The Bertz CT molecular complexity index is 899. The van der Waals surface area contributed by atoms with E-state index in [4.69, 9.17) is 0 Å². The van der Waals surface area contributed by atoms with E-state index in [0.717, 1.165) is 24.0 Å². The van der Waals surface area contributed by atoms with Crippen molar-refractivity contribution in [1.82, 2.24) is 20.0 Å². The minimum atomic E-state index is -0.174. The fourth-order valence-corrected chi connectivity index (χ4v) is 3.29. The van der Waals surface area contributed by atoms with Crippen LogP contribution in [0.25, 0.3) is 10.9 Å². The predicted molar refractivity (Wildman–Crippen MR) is 93.7 cm³/mol. The first kappa shape index (κ1) is 15.8. The molecule has 1 saturated heterocycles. The number of fused-ring (bicyclic) bond motifs is 1. The summed E-state index contributed by atoms with van der Waals surface area (Å²) < 4.78 is 13.8. The van der Waals surface area contributed by atoms with Crippen molar-refractivity contribution in [3.05, 3.63) is 65.6 Å². The zero-order valence-electron chi connectivity index (χ0n) is 13.8. The van der Waals surface area contributed by atoms with Crippen molar-refractivity contribution >= 4 is 16.8 Å². The number of hydrogen-bond acceptors (Lipinski definition) is 3. The number of halogens is 1. The number of rotatable bonds is 3. The van der Waals surface area contributed by atoms with Gasteiger partial charge in [0.05, 0.1) is 17.3 Å². The number of piperazine rings is 1. The zero-order chi connectivity index (χ0) is 17.2. The van der Waals surface area contributed by atoms with E-state index in [1.807, 2.05) is 35.2 Å². The van der Waals surface area contributed by atoms with Crippen LogP contribution in [-0.2, 0) is 6.54 Å². The lowest BCUT2D eigenvalue weighted by Gasteiger charge is -2.34. The third-order valence-electron chi connectivity index (χ3n) is 4.72. The SMILES string of the molecule is O=C(c1cccc2cn[nH]c12)N1CCN(Cc2ccccc2F)CC1. The van der Waals surface area contributed by atoms with Crippen molar-refractivity contribution in [2.45, 2.75) is 6.54 Å². The van der Waals surface area contributed by atoms with Gasteiger partial charge in [0.25, 0.3) is 5.91 Å². The first-order valence-corrected chi connectivity index (χ1v) is 8.39. The number of benzene rings is 2. The van der Waals surface area contributed by atoms with Crippen LogP contribution in [0.5, 0.6) is 0 Å². The molecule has 0 unspecified atom stereocenters. The van der Waals surface area contributed by atoms with Gasteiger partial charge in [-0.15, -0.1) is 0 Å². The van der Waals surface area contributed by atoms with Crippen molar-refractivity contribution in [3.63, 3.8) is 0 Å². The number of nitrogens with one attached hydrogen (secondary N) is 1. The van der Waals surface area contributed by atoms with Crippen molar-refractivity contribution in [2.75, 3.05) is 26.2 Å². The van der Waals surface area contributed by atoms with Crippen LogP contribution < -0.4 is 0 Å². The number of para-hydroxylation sites is 1. The number of hydrogen-bond donors (Lipinski definition) is 1. The standard InChI is InChI=1S/C19H19FN4O/c20-17-7-2-1-4-15(17)13-23-8-10-24(11-9-23)19(25)16-6-3-5-14-12-21-22-18(14)16/h1-7,12H,8-11,13H2,(H,21,22). The van der Waals surface area contributed by atoms with E-state index in [9.17, 15) is 9.18 Å². The molecule has 6 heteroatoms. The van der Waals surface area contributed by atoms with Gasteiger partial charge in [0.2, 0.25) is 0 Å². The molecular weight excluding hydrogens is 319 g/mol. The highest BCUT2D eigenvalue weighted by atomic mass is 19.1. The van der Waals surface area contributed by atoms with Gasteiger partial charge in [-0.05, 0) is 12.1 Å². The molecule has 2 heterocycles. The normalized spacial score (nSPS) is 15.6. The molecule has 5 nitrogen and oxygen atoms in total. The van der Waals surface area contributed by atoms with Gasteiger partial charge in [-0.3, -0.25) is 14.8 Å². The number of carbonyl (C=O) groups is 1. The van der Waals surface area contributed by atoms with Gasteiger partial charge >= 0.3 is 0 Å². The van der Waals surface area contributed by atoms with Crippen LogP contribution >= 0.6 is 0 Å². The minimum Gasteiger partial charge on any atom is -0.336 e. The van der Waals surface area contributed by atoms with Crippen LogP contribution in [0.15, 0.2) is 48.7 Å². The van der Waals surface area contributed by atoms with Gasteiger partial charge in [-0.1, -0.05) is 30.3 Å². The first-order chi connectivity index (χ1) is 12.2. The third kappa shape index (κ3) is 3.13. The van der Waals surface area contributed by atoms with E-state index in [1.165, 1.54) is 6.07 Å². The van der Waals surface area contributed by atoms with Gasteiger partial charge in [0.15, 0.2) is 0 Å². The van der Waals surface area contributed by atoms with Crippen molar-refractivity contribution in [3.8, 4) is 0 Å². The summed E-state index contributed by atoms with van der Waals surface area (Å²) in [5.74, 6) is -0.160. The van der Waals surface area contributed by atoms with E-state index in [2.05, 4.69) is 15.1 Å². The molecule has 1 N–H and O–H groups in total. The van der Waals surface area contributed by atoms with Crippen LogP contribution in [0.2, 0.25) is 0 Å². The van der Waals surface area contributed by atoms with Crippen LogP contribution in [0.3, 0.4) is 0 Å². The topological polar surface area (TPSA) is 52.2 Å². The van der Waals surface area contributed by atoms with Crippen LogP contribution in [0, 0.1) is 5.82 Å². The van der Waals surface area contributed by atoms with Gasteiger partial charge in [-0.25, -0.2) is 4.39 Å². The highest BCUT2D eigenvalue weighted by molar-refractivity contribution is 6.05. The molecule has 0 atom stereocenters. The fourth-order valence-electron chi connectivity index (χ4n) is 3.29. The van der Waals surface area contributed by atoms with E-state index in [-0.39, 0.29) is 11.7 Å².